The first-order chi connectivity index (χ1) is 6.94. The van der Waals surface area contributed by atoms with E-state index in [1.54, 1.807) is 4.90 Å². The van der Waals surface area contributed by atoms with E-state index in [9.17, 15) is 13.2 Å². The Morgan fingerprint density at radius 1 is 1.33 bits per heavy atom. The Kier molecular flexibility index (Phi) is 4.40. The van der Waals surface area contributed by atoms with Gasteiger partial charge in [-0.3, -0.25) is 4.90 Å². The second-order valence-electron chi connectivity index (χ2n) is 4.29. The molecule has 0 spiro atoms. The Balaban J connectivity index is 2.56. The zero-order valence-corrected chi connectivity index (χ0v) is 9.27. The maximum atomic E-state index is 12.3. The minimum atomic E-state index is -4.09. The van der Waals surface area contributed by atoms with Crippen LogP contribution in [-0.2, 0) is 0 Å². The molecule has 1 rings (SSSR count). The molecule has 15 heavy (non-hydrogen) atoms. The first kappa shape index (κ1) is 12.8. The standard InChI is InChI=1S/C10H19F3N2/c1-3-4-15(7-10(11,12)13)9-6-14-5-8(9)2/h8-9,14H,3-7H2,1-2H3. The number of halogens is 3. The number of nitrogens with one attached hydrogen (secondary N) is 1. The van der Waals surface area contributed by atoms with Crippen molar-refractivity contribution in [3.63, 3.8) is 0 Å². The normalized spacial score (nSPS) is 27.6. The van der Waals surface area contributed by atoms with Crippen molar-refractivity contribution in [2.24, 2.45) is 5.92 Å². The van der Waals surface area contributed by atoms with Crippen LogP contribution < -0.4 is 5.32 Å². The average Bonchev–Trinajstić information content (AvgIpc) is 2.48. The molecule has 0 aromatic carbocycles. The van der Waals surface area contributed by atoms with E-state index in [1.165, 1.54) is 0 Å². The third-order valence-corrected chi connectivity index (χ3v) is 2.84. The van der Waals surface area contributed by atoms with Crippen molar-refractivity contribution < 1.29 is 13.2 Å². The molecule has 1 fully saturated rings. The molecule has 0 saturated carbocycles. The van der Waals surface area contributed by atoms with E-state index in [2.05, 4.69) is 5.32 Å². The third-order valence-electron chi connectivity index (χ3n) is 2.84. The molecule has 0 radical (unpaired) electrons. The van der Waals surface area contributed by atoms with Crippen LogP contribution >= 0.6 is 0 Å². The second-order valence-corrected chi connectivity index (χ2v) is 4.29. The number of nitrogens with zero attached hydrogens (tertiary/aromatic N) is 1. The van der Waals surface area contributed by atoms with Crippen LogP contribution in [0.25, 0.3) is 0 Å². The highest BCUT2D eigenvalue weighted by atomic mass is 19.4. The van der Waals surface area contributed by atoms with Gasteiger partial charge in [-0.15, -0.1) is 0 Å². The molecule has 0 bridgehead atoms. The summed E-state index contributed by atoms with van der Waals surface area (Å²) < 4.78 is 37.0. The molecule has 0 aliphatic carbocycles. The van der Waals surface area contributed by atoms with Crippen molar-refractivity contribution in [3.8, 4) is 0 Å². The fraction of sp³-hybridized carbons (Fsp3) is 1.00. The van der Waals surface area contributed by atoms with Gasteiger partial charge in [0.05, 0.1) is 6.54 Å². The van der Waals surface area contributed by atoms with Crippen molar-refractivity contribution in [1.29, 1.82) is 0 Å². The molecule has 2 unspecified atom stereocenters. The van der Waals surface area contributed by atoms with Gasteiger partial charge in [0, 0.05) is 12.6 Å². The smallest absolute Gasteiger partial charge is 0.315 e. The van der Waals surface area contributed by atoms with Crippen LogP contribution in [0.4, 0.5) is 13.2 Å². The Labute approximate surface area is 88.8 Å². The van der Waals surface area contributed by atoms with E-state index >= 15 is 0 Å². The van der Waals surface area contributed by atoms with Crippen LogP contribution in [0.3, 0.4) is 0 Å². The Hall–Kier alpha value is -0.290. The van der Waals surface area contributed by atoms with E-state index in [0.29, 0.717) is 19.0 Å². The van der Waals surface area contributed by atoms with Gasteiger partial charge in [0.2, 0.25) is 0 Å². The monoisotopic (exact) mass is 224 g/mol. The molecular weight excluding hydrogens is 205 g/mol. The number of alkyl halides is 3. The van der Waals surface area contributed by atoms with Crippen molar-refractivity contribution in [2.45, 2.75) is 32.5 Å². The lowest BCUT2D eigenvalue weighted by atomic mass is 10.0. The minimum absolute atomic E-state index is 0.0339. The van der Waals surface area contributed by atoms with Gasteiger partial charge in [0.25, 0.3) is 0 Å². The highest BCUT2D eigenvalue weighted by Crippen LogP contribution is 2.22. The lowest BCUT2D eigenvalue weighted by Crippen LogP contribution is -2.45. The Morgan fingerprint density at radius 3 is 2.40 bits per heavy atom. The quantitative estimate of drug-likeness (QED) is 0.784. The van der Waals surface area contributed by atoms with Gasteiger partial charge in [-0.05, 0) is 25.4 Å². The number of hydrogen-bond donors (Lipinski definition) is 1. The highest BCUT2D eigenvalue weighted by Gasteiger charge is 2.36. The van der Waals surface area contributed by atoms with Gasteiger partial charge in [0.15, 0.2) is 0 Å². The molecule has 1 aliphatic rings. The highest BCUT2D eigenvalue weighted by molar-refractivity contribution is 4.87. The maximum absolute atomic E-state index is 12.3. The van der Waals surface area contributed by atoms with Gasteiger partial charge < -0.3 is 5.32 Å². The minimum Gasteiger partial charge on any atom is -0.315 e. The molecular formula is C10H19F3N2. The zero-order valence-electron chi connectivity index (χ0n) is 9.27. The Morgan fingerprint density at radius 2 is 2.00 bits per heavy atom. The van der Waals surface area contributed by atoms with E-state index in [0.717, 1.165) is 13.0 Å². The molecule has 2 nitrogen and oxygen atoms in total. The van der Waals surface area contributed by atoms with E-state index in [1.807, 2.05) is 13.8 Å². The van der Waals surface area contributed by atoms with Crippen molar-refractivity contribution >= 4 is 0 Å². The van der Waals surface area contributed by atoms with Gasteiger partial charge in [0.1, 0.15) is 0 Å². The zero-order chi connectivity index (χ0) is 11.5. The van der Waals surface area contributed by atoms with E-state index in [-0.39, 0.29) is 6.04 Å². The van der Waals surface area contributed by atoms with Gasteiger partial charge in [-0.1, -0.05) is 13.8 Å². The first-order valence-electron chi connectivity index (χ1n) is 5.45. The van der Waals surface area contributed by atoms with Gasteiger partial charge >= 0.3 is 6.18 Å². The molecule has 1 aliphatic heterocycles. The molecule has 0 amide bonds. The summed E-state index contributed by atoms with van der Waals surface area (Å²) in [5, 5.41) is 3.14. The number of rotatable bonds is 4. The predicted octanol–water partition coefficient (Wildman–Crippen LogP) is 1.87. The van der Waals surface area contributed by atoms with Crippen LogP contribution in [-0.4, -0.2) is 43.3 Å². The van der Waals surface area contributed by atoms with Crippen LogP contribution in [0.2, 0.25) is 0 Å². The third kappa shape index (κ3) is 3.99. The lowest BCUT2D eigenvalue weighted by molar-refractivity contribution is -0.151. The molecule has 1 N–H and O–H groups in total. The van der Waals surface area contributed by atoms with Crippen molar-refractivity contribution in [3.05, 3.63) is 0 Å². The maximum Gasteiger partial charge on any atom is 0.401 e. The largest absolute Gasteiger partial charge is 0.401 e. The lowest BCUT2D eigenvalue weighted by Gasteiger charge is -2.31. The molecule has 5 heteroatoms. The van der Waals surface area contributed by atoms with E-state index in [4.69, 9.17) is 0 Å². The van der Waals surface area contributed by atoms with Crippen LogP contribution in [0.5, 0.6) is 0 Å². The summed E-state index contributed by atoms with van der Waals surface area (Å²) in [6.45, 7) is 5.16. The summed E-state index contributed by atoms with van der Waals surface area (Å²) >= 11 is 0. The first-order valence-corrected chi connectivity index (χ1v) is 5.45. The molecule has 1 saturated heterocycles. The second kappa shape index (κ2) is 5.16. The van der Waals surface area contributed by atoms with Crippen molar-refractivity contribution in [1.82, 2.24) is 10.2 Å². The molecule has 90 valence electrons. The topological polar surface area (TPSA) is 15.3 Å². The number of hydrogen-bond acceptors (Lipinski definition) is 2. The summed E-state index contributed by atoms with van der Waals surface area (Å²) in [5.74, 6) is 0.305. The van der Waals surface area contributed by atoms with Gasteiger partial charge in [-0.25, -0.2) is 0 Å². The van der Waals surface area contributed by atoms with E-state index < -0.39 is 12.7 Å². The summed E-state index contributed by atoms with van der Waals surface area (Å²) in [5.41, 5.74) is 0. The van der Waals surface area contributed by atoms with Crippen LogP contribution in [0.15, 0.2) is 0 Å². The molecule has 0 aromatic rings. The predicted molar refractivity (Wildman–Crippen MR) is 53.7 cm³/mol. The van der Waals surface area contributed by atoms with Crippen molar-refractivity contribution in [2.75, 3.05) is 26.2 Å². The molecule has 0 aromatic heterocycles. The summed E-state index contributed by atoms with van der Waals surface area (Å²) in [4.78, 5) is 1.56. The molecule has 2 atom stereocenters. The van der Waals surface area contributed by atoms with Gasteiger partial charge in [-0.2, -0.15) is 13.2 Å². The summed E-state index contributed by atoms with van der Waals surface area (Å²) in [6.07, 6.45) is -3.32. The SMILES string of the molecule is CCCN(CC(F)(F)F)C1CNCC1C. The Bertz CT molecular complexity index is 194. The van der Waals surface area contributed by atoms with Crippen LogP contribution in [0.1, 0.15) is 20.3 Å². The van der Waals surface area contributed by atoms with Crippen LogP contribution in [0, 0.1) is 5.92 Å². The fourth-order valence-electron chi connectivity index (χ4n) is 2.16. The summed E-state index contributed by atoms with van der Waals surface area (Å²) in [6, 6.07) is 0.0339. The summed E-state index contributed by atoms with van der Waals surface area (Å²) in [7, 11) is 0. The average molecular weight is 224 g/mol. The fourth-order valence-corrected chi connectivity index (χ4v) is 2.16. The molecule has 1 heterocycles.